The van der Waals surface area contributed by atoms with Crippen molar-refractivity contribution in [1.82, 2.24) is 0 Å². The standard InChI is InChI=1S/C24H26ClF3N2O6S/c1-14-5-9-18(12-19(14)25)37(33,34)30-13-17(8-6-15(2)31)35-21-10-7-16(11-20(21)30)29-22(32)36-23(3,4)24(26,27)28/h5,7,9-12,17H,6,8,13H2,1-4H3,(H,29,32). The van der Waals surface area contributed by atoms with Crippen LogP contribution in [0.25, 0.3) is 0 Å². The molecule has 1 aliphatic rings. The van der Waals surface area contributed by atoms with Crippen LogP contribution in [-0.2, 0) is 19.6 Å². The van der Waals surface area contributed by atoms with Crippen LogP contribution in [0.2, 0.25) is 5.02 Å². The van der Waals surface area contributed by atoms with Crippen LogP contribution in [0.3, 0.4) is 0 Å². The molecule has 0 aromatic heterocycles. The lowest BCUT2D eigenvalue weighted by molar-refractivity contribution is -0.242. The Balaban J connectivity index is 1.97. The predicted octanol–water partition coefficient (Wildman–Crippen LogP) is 5.86. The number of amides is 1. The van der Waals surface area contributed by atoms with Crippen molar-refractivity contribution in [3.63, 3.8) is 0 Å². The van der Waals surface area contributed by atoms with Gasteiger partial charge in [0.05, 0.1) is 17.1 Å². The Hall–Kier alpha value is -2.99. The van der Waals surface area contributed by atoms with Gasteiger partial charge in [-0.15, -0.1) is 0 Å². The van der Waals surface area contributed by atoms with Gasteiger partial charge in [0.2, 0.25) is 5.60 Å². The van der Waals surface area contributed by atoms with E-state index in [1.165, 1.54) is 37.3 Å². The summed E-state index contributed by atoms with van der Waals surface area (Å²) in [6, 6.07) is 8.23. The molecule has 1 N–H and O–H groups in total. The molecule has 0 radical (unpaired) electrons. The molecular weight excluding hydrogens is 537 g/mol. The van der Waals surface area contributed by atoms with Gasteiger partial charge in [-0.3, -0.25) is 9.62 Å². The summed E-state index contributed by atoms with van der Waals surface area (Å²) in [5, 5.41) is 2.44. The van der Waals surface area contributed by atoms with Crippen molar-refractivity contribution in [2.45, 2.75) is 63.3 Å². The molecule has 0 spiro atoms. The number of carbonyl (C=O) groups is 2. The van der Waals surface area contributed by atoms with E-state index in [2.05, 4.69) is 10.1 Å². The number of aryl methyl sites for hydroxylation is 1. The van der Waals surface area contributed by atoms with E-state index in [0.717, 1.165) is 4.31 Å². The Labute approximate surface area is 217 Å². The van der Waals surface area contributed by atoms with Crippen molar-refractivity contribution in [2.24, 2.45) is 0 Å². The minimum Gasteiger partial charge on any atom is -0.486 e. The monoisotopic (exact) mass is 562 g/mol. The maximum absolute atomic E-state index is 13.6. The molecule has 0 fully saturated rings. The predicted molar refractivity (Wildman–Crippen MR) is 132 cm³/mol. The molecule has 13 heteroatoms. The second-order valence-electron chi connectivity index (χ2n) is 9.13. The number of halogens is 4. The summed E-state index contributed by atoms with van der Waals surface area (Å²) in [5.41, 5.74) is -2.05. The Bertz CT molecular complexity index is 1310. The first-order valence-corrected chi connectivity index (χ1v) is 13.0. The van der Waals surface area contributed by atoms with Crippen LogP contribution in [0.5, 0.6) is 5.75 Å². The Kier molecular flexibility index (Phi) is 8.04. The number of benzene rings is 2. The van der Waals surface area contributed by atoms with Gasteiger partial charge in [0.25, 0.3) is 10.0 Å². The maximum atomic E-state index is 13.6. The van der Waals surface area contributed by atoms with Crippen molar-refractivity contribution in [3.8, 4) is 5.75 Å². The zero-order valence-corrected chi connectivity index (χ0v) is 22.1. The molecule has 2 aromatic carbocycles. The third-order valence-corrected chi connectivity index (χ3v) is 7.90. The number of nitrogens with zero attached hydrogens (tertiary/aromatic N) is 1. The molecule has 0 bridgehead atoms. The number of hydrogen-bond donors (Lipinski definition) is 1. The molecule has 37 heavy (non-hydrogen) atoms. The summed E-state index contributed by atoms with van der Waals surface area (Å²) in [6.45, 7) is 4.39. The first kappa shape index (κ1) is 28.6. The van der Waals surface area contributed by atoms with Crippen LogP contribution in [0.15, 0.2) is 41.3 Å². The van der Waals surface area contributed by atoms with Gasteiger partial charge >= 0.3 is 12.3 Å². The van der Waals surface area contributed by atoms with Gasteiger partial charge in [-0.2, -0.15) is 13.2 Å². The number of nitrogens with one attached hydrogen (secondary N) is 1. The van der Waals surface area contributed by atoms with E-state index in [1.807, 2.05) is 0 Å². The number of anilines is 2. The minimum atomic E-state index is -4.80. The molecule has 0 aliphatic carbocycles. The summed E-state index contributed by atoms with van der Waals surface area (Å²) in [7, 11) is -4.19. The Morgan fingerprint density at radius 3 is 2.46 bits per heavy atom. The molecule has 0 saturated heterocycles. The average Bonchev–Trinajstić information content (AvgIpc) is 2.77. The highest BCUT2D eigenvalue weighted by Gasteiger charge is 2.51. The number of rotatable bonds is 7. The first-order chi connectivity index (χ1) is 17.0. The largest absolute Gasteiger partial charge is 0.486 e. The van der Waals surface area contributed by atoms with E-state index in [0.29, 0.717) is 19.4 Å². The third kappa shape index (κ3) is 6.48. The number of hydrogen-bond acceptors (Lipinski definition) is 6. The molecule has 0 saturated carbocycles. The minimum absolute atomic E-state index is 0.0188. The van der Waals surface area contributed by atoms with E-state index in [-0.39, 0.29) is 52.2 Å². The van der Waals surface area contributed by atoms with Gasteiger partial charge in [-0.1, -0.05) is 17.7 Å². The van der Waals surface area contributed by atoms with E-state index in [1.54, 1.807) is 13.0 Å². The molecule has 1 aliphatic heterocycles. The van der Waals surface area contributed by atoms with Gasteiger partial charge < -0.3 is 14.3 Å². The molecule has 8 nitrogen and oxygen atoms in total. The van der Waals surface area contributed by atoms with Crippen molar-refractivity contribution in [2.75, 3.05) is 16.2 Å². The normalized spacial score (nSPS) is 16.0. The molecule has 3 rings (SSSR count). The van der Waals surface area contributed by atoms with Crippen LogP contribution >= 0.6 is 11.6 Å². The SMILES string of the molecule is CC(=O)CCC1CN(S(=O)(=O)c2ccc(C)c(Cl)c2)c2cc(NC(=O)OC(C)(C)C(F)(F)F)ccc2O1. The highest BCUT2D eigenvalue weighted by molar-refractivity contribution is 7.92. The van der Waals surface area contributed by atoms with Crippen molar-refractivity contribution < 1.29 is 40.7 Å². The maximum Gasteiger partial charge on any atom is 0.427 e. The number of ketones is 1. The first-order valence-electron chi connectivity index (χ1n) is 11.2. The number of Topliss-reactive ketones (excluding diaryl/α,β-unsaturated/α-hetero) is 1. The quantitative estimate of drug-likeness (QED) is 0.453. The summed E-state index contributed by atoms with van der Waals surface area (Å²) in [4.78, 5) is 23.6. The van der Waals surface area contributed by atoms with Crippen molar-refractivity contribution in [1.29, 1.82) is 0 Å². The zero-order chi connectivity index (χ0) is 27.8. The van der Waals surface area contributed by atoms with Crippen LogP contribution in [-0.4, -0.2) is 44.7 Å². The third-order valence-electron chi connectivity index (χ3n) is 5.72. The van der Waals surface area contributed by atoms with Crippen LogP contribution < -0.4 is 14.4 Å². The van der Waals surface area contributed by atoms with Gasteiger partial charge in [0, 0.05) is 17.1 Å². The average molecular weight is 563 g/mol. The van der Waals surface area contributed by atoms with E-state index >= 15 is 0 Å². The van der Waals surface area contributed by atoms with Gasteiger partial charge in [-0.25, -0.2) is 13.2 Å². The number of alkyl halides is 3. The lowest BCUT2D eigenvalue weighted by Crippen LogP contribution is -2.44. The molecular formula is C24H26ClF3N2O6S. The molecule has 2 aromatic rings. The van der Waals surface area contributed by atoms with Gasteiger partial charge in [0.15, 0.2) is 0 Å². The van der Waals surface area contributed by atoms with E-state index in [9.17, 15) is 31.2 Å². The van der Waals surface area contributed by atoms with Crippen LogP contribution in [0.1, 0.15) is 39.2 Å². The van der Waals surface area contributed by atoms with E-state index < -0.39 is 34.0 Å². The molecule has 1 amide bonds. The Morgan fingerprint density at radius 2 is 1.86 bits per heavy atom. The van der Waals surface area contributed by atoms with Crippen molar-refractivity contribution in [3.05, 3.63) is 47.0 Å². The van der Waals surface area contributed by atoms with Crippen LogP contribution in [0.4, 0.5) is 29.3 Å². The lowest BCUT2D eigenvalue weighted by Gasteiger charge is -2.36. The van der Waals surface area contributed by atoms with Crippen LogP contribution in [0, 0.1) is 6.92 Å². The van der Waals surface area contributed by atoms with Gasteiger partial charge in [-0.05, 0) is 70.0 Å². The highest BCUT2D eigenvalue weighted by atomic mass is 35.5. The summed E-state index contributed by atoms with van der Waals surface area (Å²) in [6.07, 6.45) is -6.40. The zero-order valence-electron chi connectivity index (χ0n) is 20.5. The summed E-state index contributed by atoms with van der Waals surface area (Å²) in [5.74, 6) is 0.0603. The molecule has 1 atom stereocenters. The number of ether oxygens (including phenoxy) is 2. The van der Waals surface area contributed by atoms with Gasteiger partial charge in [0.1, 0.15) is 17.6 Å². The molecule has 202 valence electrons. The number of carbonyl (C=O) groups excluding carboxylic acids is 2. The smallest absolute Gasteiger partial charge is 0.427 e. The lowest BCUT2D eigenvalue weighted by atomic mass is 10.1. The fourth-order valence-corrected chi connectivity index (χ4v) is 5.20. The molecule has 1 heterocycles. The number of sulfonamides is 1. The number of fused-ring (bicyclic) bond motifs is 1. The van der Waals surface area contributed by atoms with E-state index in [4.69, 9.17) is 16.3 Å². The molecule has 1 unspecified atom stereocenters. The fraction of sp³-hybridized carbons (Fsp3) is 0.417. The van der Waals surface area contributed by atoms with Crippen molar-refractivity contribution >= 4 is 44.9 Å². The summed E-state index contributed by atoms with van der Waals surface area (Å²) < 4.78 is 78.0. The topological polar surface area (TPSA) is 102 Å². The summed E-state index contributed by atoms with van der Waals surface area (Å²) >= 11 is 6.15. The highest BCUT2D eigenvalue weighted by Crippen LogP contribution is 2.40. The second-order valence-corrected chi connectivity index (χ2v) is 11.4. The fourth-order valence-electron chi connectivity index (χ4n) is 3.43. The Morgan fingerprint density at radius 1 is 1.19 bits per heavy atom. The second kappa shape index (κ2) is 10.4.